The number of alkyl halides is 2. The molecule has 3 heterocycles. The molecule has 3 aromatic rings. The number of fused-ring (bicyclic) bond motifs is 5. The highest BCUT2D eigenvalue weighted by Gasteiger charge is 2.37. The van der Waals surface area contributed by atoms with Gasteiger partial charge in [-0.25, -0.2) is 9.78 Å². The zero-order chi connectivity index (χ0) is 21.1. The molecule has 0 radical (unpaired) electrons. The standard InChI is InChI=1S/C20H19F2N3O4/c1-20(2,3)11-8-12-15(14-9(11)7-10(18(27)28)17(26)24-14)23-16-13(29-19(21)22)5-4-6-25(12)16/h4-7,11,19H,8H2,1-3H3,(H,24,26)(H,27,28)/t11-/m0/s1. The fourth-order valence-electron chi connectivity index (χ4n) is 3.93. The fourth-order valence-corrected chi connectivity index (χ4v) is 3.93. The number of carboxylic acids is 1. The van der Waals surface area contributed by atoms with Crippen LogP contribution < -0.4 is 10.3 Å². The summed E-state index contributed by atoms with van der Waals surface area (Å²) in [6.45, 7) is 3.06. The molecule has 152 valence electrons. The number of carboxylic acid groups (broad SMARTS) is 1. The number of pyridine rings is 2. The van der Waals surface area contributed by atoms with Crippen molar-refractivity contribution in [3.63, 3.8) is 0 Å². The highest BCUT2D eigenvalue weighted by Crippen LogP contribution is 2.46. The van der Waals surface area contributed by atoms with E-state index in [0.717, 1.165) is 5.69 Å². The van der Waals surface area contributed by atoms with Gasteiger partial charge in [0.05, 0.1) is 11.4 Å². The second-order valence-electron chi connectivity index (χ2n) is 8.12. The number of rotatable bonds is 3. The smallest absolute Gasteiger partial charge is 0.387 e. The van der Waals surface area contributed by atoms with Crippen molar-refractivity contribution < 1.29 is 23.4 Å². The van der Waals surface area contributed by atoms with E-state index in [1.54, 1.807) is 16.7 Å². The molecule has 0 saturated carbocycles. The van der Waals surface area contributed by atoms with Gasteiger partial charge in [-0.3, -0.25) is 4.79 Å². The van der Waals surface area contributed by atoms with Gasteiger partial charge in [0.2, 0.25) is 0 Å². The quantitative estimate of drug-likeness (QED) is 0.696. The molecule has 1 aliphatic carbocycles. The lowest BCUT2D eigenvalue weighted by Crippen LogP contribution is -2.29. The average Bonchev–Trinajstić information content (AvgIpc) is 2.99. The predicted octanol–water partition coefficient (Wildman–Crippen LogP) is 3.68. The molecule has 3 aromatic heterocycles. The largest absolute Gasteiger partial charge is 0.477 e. The number of ether oxygens (including phenoxy) is 1. The van der Waals surface area contributed by atoms with Crippen molar-refractivity contribution in [2.45, 2.75) is 39.7 Å². The summed E-state index contributed by atoms with van der Waals surface area (Å²) in [6, 6.07) is 4.39. The van der Waals surface area contributed by atoms with Crippen LogP contribution >= 0.6 is 0 Å². The number of hydrogen-bond donors (Lipinski definition) is 2. The molecular weight excluding hydrogens is 384 g/mol. The molecule has 7 nitrogen and oxygen atoms in total. The summed E-state index contributed by atoms with van der Waals surface area (Å²) in [5.41, 5.74) is 1.12. The van der Waals surface area contributed by atoms with Crippen LogP contribution in [0.5, 0.6) is 5.75 Å². The fraction of sp³-hybridized carbons (Fsp3) is 0.350. The zero-order valence-corrected chi connectivity index (χ0v) is 16.0. The first-order valence-electron chi connectivity index (χ1n) is 9.03. The first kappa shape index (κ1) is 19.1. The van der Waals surface area contributed by atoms with Crippen molar-refractivity contribution in [3.05, 3.63) is 51.6 Å². The number of aromatic carboxylic acids is 1. The van der Waals surface area contributed by atoms with Crippen LogP contribution in [0.15, 0.2) is 29.2 Å². The van der Waals surface area contributed by atoms with E-state index in [9.17, 15) is 23.5 Å². The van der Waals surface area contributed by atoms with Gasteiger partial charge in [-0.05, 0) is 41.5 Å². The van der Waals surface area contributed by atoms with Gasteiger partial charge in [0, 0.05) is 6.20 Å². The van der Waals surface area contributed by atoms with Crippen LogP contribution in [0.2, 0.25) is 0 Å². The maximum absolute atomic E-state index is 12.8. The topological polar surface area (TPSA) is 96.7 Å². The average molecular weight is 403 g/mol. The summed E-state index contributed by atoms with van der Waals surface area (Å²) < 4.78 is 31.9. The molecule has 0 bridgehead atoms. The molecule has 0 saturated heterocycles. The summed E-state index contributed by atoms with van der Waals surface area (Å²) in [5.74, 6) is -1.51. The van der Waals surface area contributed by atoms with Gasteiger partial charge < -0.3 is 19.2 Å². The van der Waals surface area contributed by atoms with E-state index in [0.29, 0.717) is 23.4 Å². The molecule has 0 aromatic carbocycles. The molecule has 0 spiro atoms. The van der Waals surface area contributed by atoms with Gasteiger partial charge in [0.1, 0.15) is 11.3 Å². The van der Waals surface area contributed by atoms with E-state index in [1.807, 2.05) is 20.8 Å². The Morgan fingerprint density at radius 2 is 2.14 bits per heavy atom. The third kappa shape index (κ3) is 3.06. The molecule has 1 aliphatic rings. The number of hydrogen-bond acceptors (Lipinski definition) is 4. The van der Waals surface area contributed by atoms with Crippen molar-refractivity contribution in [3.8, 4) is 17.1 Å². The number of aromatic amines is 1. The van der Waals surface area contributed by atoms with E-state index in [-0.39, 0.29) is 28.3 Å². The minimum atomic E-state index is -3.00. The van der Waals surface area contributed by atoms with Crippen molar-refractivity contribution in [2.75, 3.05) is 0 Å². The van der Waals surface area contributed by atoms with Gasteiger partial charge in [-0.1, -0.05) is 20.8 Å². The molecule has 0 amide bonds. The Balaban J connectivity index is 2.03. The number of imidazole rings is 1. The Kier molecular flexibility index (Phi) is 4.21. The van der Waals surface area contributed by atoms with Crippen LogP contribution in [-0.4, -0.2) is 32.1 Å². The molecule has 29 heavy (non-hydrogen) atoms. The number of aromatic nitrogens is 3. The van der Waals surface area contributed by atoms with Crippen LogP contribution in [-0.2, 0) is 6.42 Å². The highest BCUT2D eigenvalue weighted by atomic mass is 19.3. The Morgan fingerprint density at radius 3 is 2.76 bits per heavy atom. The SMILES string of the molecule is CC(C)(C)[C@H]1Cc2c(nc3c(OC(F)F)cccn23)-c2[nH]c(=O)c(C(=O)O)cc21. The molecule has 9 heteroatoms. The van der Waals surface area contributed by atoms with E-state index >= 15 is 0 Å². The van der Waals surface area contributed by atoms with Crippen molar-refractivity contribution in [2.24, 2.45) is 5.41 Å². The molecule has 2 N–H and O–H groups in total. The molecule has 0 aliphatic heterocycles. The number of halogens is 2. The summed E-state index contributed by atoms with van der Waals surface area (Å²) in [7, 11) is 0. The van der Waals surface area contributed by atoms with Gasteiger partial charge in [0.25, 0.3) is 5.56 Å². The summed E-state index contributed by atoms with van der Waals surface area (Å²) in [5, 5.41) is 9.36. The van der Waals surface area contributed by atoms with E-state index in [4.69, 9.17) is 0 Å². The molecule has 1 atom stereocenters. The zero-order valence-electron chi connectivity index (χ0n) is 16.0. The predicted molar refractivity (Wildman–Crippen MR) is 101 cm³/mol. The maximum Gasteiger partial charge on any atom is 0.387 e. The summed E-state index contributed by atoms with van der Waals surface area (Å²) >= 11 is 0. The Morgan fingerprint density at radius 1 is 1.41 bits per heavy atom. The second kappa shape index (κ2) is 6.40. The lowest BCUT2D eigenvalue weighted by molar-refractivity contribution is -0.0491. The Labute approximate surface area is 164 Å². The third-order valence-corrected chi connectivity index (χ3v) is 5.29. The maximum atomic E-state index is 12.8. The Bertz CT molecular complexity index is 1190. The molecule has 4 rings (SSSR count). The number of carbonyl (C=O) groups is 1. The summed E-state index contributed by atoms with van der Waals surface area (Å²) in [4.78, 5) is 30.9. The Hall–Kier alpha value is -3.23. The monoisotopic (exact) mass is 403 g/mol. The minimum Gasteiger partial charge on any atom is -0.477 e. The van der Waals surface area contributed by atoms with Crippen molar-refractivity contribution >= 4 is 11.6 Å². The first-order chi connectivity index (χ1) is 13.6. The van der Waals surface area contributed by atoms with Gasteiger partial charge >= 0.3 is 12.6 Å². The van der Waals surface area contributed by atoms with Crippen LogP contribution in [0, 0.1) is 5.41 Å². The number of nitrogens with one attached hydrogen (secondary N) is 1. The molecular formula is C20H19F2N3O4. The lowest BCUT2D eigenvalue weighted by atomic mass is 9.70. The van der Waals surface area contributed by atoms with Gasteiger partial charge in [0.15, 0.2) is 11.4 Å². The minimum absolute atomic E-state index is 0.0738. The van der Waals surface area contributed by atoms with Crippen LogP contribution in [0.4, 0.5) is 8.78 Å². The van der Waals surface area contributed by atoms with Crippen LogP contribution in [0.25, 0.3) is 17.0 Å². The van der Waals surface area contributed by atoms with E-state index in [2.05, 4.69) is 14.7 Å². The van der Waals surface area contributed by atoms with Crippen molar-refractivity contribution in [1.29, 1.82) is 0 Å². The third-order valence-electron chi connectivity index (χ3n) is 5.29. The molecule has 0 fully saturated rings. The number of H-pyrrole nitrogens is 1. The van der Waals surface area contributed by atoms with Crippen LogP contribution in [0.1, 0.15) is 48.3 Å². The van der Waals surface area contributed by atoms with E-state index in [1.165, 1.54) is 12.1 Å². The lowest BCUT2D eigenvalue weighted by Gasteiger charge is -2.35. The van der Waals surface area contributed by atoms with Gasteiger partial charge in [-0.2, -0.15) is 8.78 Å². The van der Waals surface area contributed by atoms with Gasteiger partial charge in [-0.15, -0.1) is 0 Å². The van der Waals surface area contributed by atoms with Crippen LogP contribution in [0.3, 0.4) is 0 Å². The highest BCUT2D eigenvalue weighted by molar-refractivity contribution is 5.88. The summed E-state index contributed by atoms with van der Waals surface area (Å²) in [6.07, 6.45) is 2.20. The number of nitrogens with zero attached hydrogens (tertiary/aromatic N) is 2. The first-order valence-corrected chi connectivity index (χ1v) is 9.03. The van der Waals surface area contributed by atoms with E-state index < -0.39 is 18.1 Å². The second-order valence-corrected chi connectivity index (χ2v) is 8.12. The van der Waals surface area contributed by atoms with Crippen molar-refractivity contribution in [1.82, 2.24) is 14.4 Å². The normalized spacial score (nSPS) is 16.0. The molecule has 0 unspecified atom stereocenters.